The second kappa shape index (κ2) is 7.24. The third-order valence-corrected chi connectivity index (χ3v) is 2.90. The molecule has 0 aliphatic carbocycles. The molecule has 0 spiro atoms. The molecule has 1 N–H and O–H groups in total. The van der Waals surface area contributed by atoms with Gasteiger partial charge in [-0.1, -0.05) is 36.4 Å². The standard InChI is InChI=1S/C17H17NO3/c1-13(21-17(20)15-10-6-3-7-11-15)12-18-16(19)14-8-4-2-5-9-14/h2-11,13H,12H2,1H3,(H,18,19)/t13-/m1/s1. The lowest BCUT2D eigenvalue weighted by Crippen LogP contribution is -2.33. The minimum Gasteiger partial charge on any atom is -0.457 e. The lowest BCUT2D eigenvalue weighted by atomic mass is 10.2. The zero-order chi connectivity index (χ0) is 15.1. The van der Waals surface area contributed by atoms with Crippen LogP contribution < -0.4 is 5.32 Å². The van der Waals surface area contributed by atoms with Crippen molar-refractivity contribution in [2.45, 2.75) is 13.0 Å². The van der Waals surface area contributed by atoms with Gasteiger partial charge in [0.2, 0.25) is 0 Å². The second-order valence-electron chi connectivity index (χ2n) is 4.66. The van der Waals surface area contributed by atoms with Gasteiger partial charge in [-0.05, 0) is 31.2 Å². The van der Waals surface area contributed by atoms with E-state index in [9.17, 15) is 9.59 Å². The first kappa shape index (κ1) is 14.8. The van der Waals surface area contributed by atoms with Gasteiger partial charge in [-0.15, -0.1) is 0 Å². The zero-order valence-electron chi connectivity index (χ0n) is 11.8. The molecular formula is C17H17NO3. The van der Waals surface area contributed by atoms with Crippen LogP contribution in [-0.4, -0.2) is 24.5 Å². The van der Waals surface area contributed by atoms with Gasteiger partial charge < -0.3 is 10.1 Å². The van der Waals surface area contributed by atoms with Gasteiger partial charge >= 0.3 is 5.97 Å². The van der Waals surface area contributed by atoms with Crippen molar-refractivity contribution >= 4 is 11.9 Å². The Balaban J connectivity index is 1.81. The number of amides is 1. The molecule has 1 amide bonds. The molecule has 0 aliphatic heterocycles. The summed E-state index contributed by atoms with van der Waals surface area (Å²) in [6.45, 7) is 2.01. The summed E-state index contributed by atoms with van der Waals surface area (Å²) in [5, 5.41) is 2.74. The van der Waals surface area contributed by atoms with Crippen molar-refractivity contribution in [3.63, 3.8) is 0 Å². The quantitative estimate of drug-likeness (QED) is 0.858. The molecule has 0 saturated carbocycles. The molecule has 4 nitrogen and oxygen atoms in total. The van der Waals surface area contributed by atoms with E-state index in [2.05, 4.69) is 5.32 Å². The van der Waals surface area contributed by atoms with E-state index in [1.165, 1.54) is 0 Å². The second-order valence-corrected chi connectivity index (χ2v) is 4.66. The third-order valence-electron chi connectivity index (χ3n) is 2.90. The van der Waals surface area contributed by atoms with Crippen molar-refractivity contribution in [1.82, 2.24) is 5.32 Å². The molecule has 1 atom stereocenters. The van der Waals surface area contributed by atoms with Crippen LogP contribution in [-0.2, 0) is 4.74 Å². The van der Waals surface area contributed by atoms with Crippen LogP contribution in [0.25, 0.3) is 0 Å². The van der Waals surface area contributed by atoms with Gasteiger partial charge in [0.1, 0.15) is 6.10 Å². The third kappa shape index (κ3) is 4.45. The number of carbonyl (C=O) groups is 2. The van der Waals surface area contributed by atoms with Crippen LogP contribution in [0.4, 0.5) is 0 Å². The number of benzene rings is 2. The highest BCUT2D eigenvalue weighted by atomic mass is 16.5. The van der Waals surface area contributed by atoms with Gasteiger partial charge in [-0.3, -0.25) is 4.79 Å². The lowest BCUT2D eigenvalue weighted by Gasteiger charge is -2.14. The topological polar surface area (TPSA) is 55.4 Å². The molecule has 21 heavy (non-hydrogen) atoms. The van der Waals surface area contributed by atoms with Crippen LogP contribution in [0.3, 0.4) is 0 Å². The lowest BCUT2D eigenvalue weighted by molar-refractivity contribution is 0.0337. The molecule has 0 aromatic heterocycles. The summed E-state index contributed by atoms with van der Waals surface area (Å²) in [7, 11) is 0. The van der Waals surface area contributed by atoms with Crippen molar-refractivity contribution in [3.8, 4) is 0 Å². The minimum atomic E-state index is -0.398. The molecule has 0 aliphatic rings. The van der Waals surface area contributed by atoms with Crippen LogP contribution in [0.2, 0.25) is 0 Å². The monoisotopic (exact) mass is 283 g/mol. The highest BCUT2D eigenvalue weighted by Gasteiger charge is 2.13. The molecule has 0 unspecified atom stereocenters. The van der Waals surface area contributed by atoms with Crippen molar-refractivity contribution in [3.05, 3.63) is 71.8 Å². The molecule has 0 bridgehead atoms. The Hall–Kier alpha value is -2.62. The number of hydrogen-bond acceptors (Lipinski definition) is 3. The first-order valence-electron chi connectivity index (χ1n) is 6.76. The van der Waals surface area contributed by atoms with Crippen LogP contribution in [0.1, 0.15) is 27.6 Å². The van der Waals surface area contributed by atoms with Gasteiger partial charge in [0.05, 0.1) is 12.1 Å². The van der Waals surface area contributed by atoms with Gasteiger partial charge in [0.15, 0.2) is 0 Å². The number of carbonyl (C=O) groups excluding carboxylic acids is 2. The molecule has 0 fully saturated rings. The Kier molecular flexibility index (Phi) is 5.10. The summed E-state index contributed by atoms with van der Waals surface area (Å²) >= 11 is 0. The molecule has 4 heteroatoms. The highest BCUT2D eigenvalue weighted by Crippen LogP contribution is 2.04. The number of rotatable bonds is 5. The predicted octanol–water partition coefficient (Wildman–Crippen LogP) is 2.66. The van der Waals surface area contributed by atoms with E-state index in [-0.39, 0.29) is 12.5 Å². The van der Waals surface area contributed by atoms with Gasteiger partial charge in [0.25, 0.3) is 5.91 Å². The maximum atomic E-state index is 11.9. The summed E-state index contributed by atoms with van der Waals surface area (Å²) in [5.74, 6) is -0.574. The Bertz CT molecular complexity index is 596. The van der Waals surface area contributed by atoms with Crippen LogP contribution in [0.5, 0.6) is 0 Å². The minimum absolute atomic E-state index is 0.182. The van der Waals surface area contributed by atoms with Gasteiger partial charge in [0, 0.05) is 5.56 Å². The fourth-order valence-electron chi connectivity index (χ4n) is 1.79. The van der Waals surface area contributed by atoms with Crippen molar-refractivity contribution in [1.29, 1.82) is 0 Å². The molecule has 108 valence electrons. The Morgan fingerprint density at radius 1 is 0.952 bits per heavy atom. The predicted molar refractivity (Wildman–Crippen MR) is 80.1 cm³/mol. The van der Waals surface area contributed by atoms with Crippen LogP contribution in [0.15, 0.2) is 60.7 Å². The maximum Gasteiger partial charge on any atom is 0.338 e. The van der Waals surface area contributed by atoms with E-state index < -0.39 is 12.1 Å². The molecule has 0 saturated heterocycles. The van der Waals surface area contributed by atoms with Gasteiger partial charge in [-0.25, -0.2) is 4.79 Å². The highest BCUT2D eigenvalue weighted by molar-refractivity contribution is 5.94. The molecule has 2 rings (SSSR count). The maximum absolute atomic E-state index is 11.9. The van der Waals surface area contributed by atoms with E-state index >= 15 is 0 Å². The first-order chi connectivity index (χ1) is 10.2. The summed E-state index contributed by atoms with van der Waals surface area (Å²) in [6.07, 6.45) is -0.398. The Morgan fingerprint density at radius 3 is 2.05 bits per heavy atom. The van der Waals surface area contributed by atoms with E-state index in [0.717, 1.165) is 0 Å². The summed E-state index contributed by atoms with van der Waals surface area (Å²) < 4.78 is 5.27. The smallest absolute Gasteiger partial charge is 0.338 e. The first-order valence-corrected chi connectivity index (χ1v) is 6.76. The van der Waals surface area contributed by atoms with Crippen LogP contribution in [0, 0.1) is 0 Å². The molecule has 2 aromatic carbocycles. The average Bonchev–Trinajstić information content (AvgIpc) is 2.54. The molecular weight excluding hydrogens is 266 g/mol. The summed E-state index contributed by atoms with van der Waals surface area (Å²) in [4.78, 5) is 23.7. The fourth-order valence-corrected chi connectivity index (χ4v) is 1.79. The molecule has 0 radical (unpaired) electrons. The number of nitrogens with one attached hydrogen (secondary N) is 1. The average molecular weight is 283 g/mol. The largest absolute Gasteiger partial charge is 0.457 e. The SMILES string of the molecule is C[C@H](CNC(=O)c1ccccc1)OC(=O)c1ccccc1. The van der Waals surface area contributed by atoms with Crippen molar-refractivity contribution in [2.75, 3.05) is 6.54 Å². The van der Waals surface area contributed by atoms with E-state index in [1.54, 1.807) is 55.5 Å². The normalized spacial score (nSPS) is 11.5. The Morgan fingerprint density at radius 2 is 1.48 bits per heavy atom. The van der Waals surface area contributed by atoms with Gasteiger partial charge in [-0.2, -0.15) is 0 Å². The summed E-state index contributed by atoms with van der Waals surface area (Å²) in [6, 6.07) is 17.7. The van der Waals surface area contributed by atoms with Crippen LogP contribution >= 0.6 is 0 Å². The summed E-state index contributed by atoms with van der Waals surface area (Å²) in [5.41, 5.74) is 1.08. The fraction of sp³-hybridized carbons (Fsp3) is 0.176. The number of esters is 1. The molecule has 0 heterocycles. The van der Waals surface area contributed by atoms with E-state index in [0.29, 0.717) is 11.1 Å². The van der Waals surface area contributed by atoms with E-state index in [1.807, 2.05) is 12.1 Å². The number of ether oxygens (including phenoxy) is 1. The van der Waals surface area contributed by atoms with E-state index in [4.69, 9.17) is 4.74 Å². The van der Waals surface area contributed by atoms with Crippen molar-refractivity contribution in [2.24, 2.45) is 0 Å². The molecule has 2 aromatic rings. The number of hydrogen-bond donors (Lipinski definition) is 1. The Labute approximate surface area is 123 Å². The zero-order valence-corrected chi connectivity index (χ0v) is 11.8. The van der Waals surface area contributed by atoms with Crippen molar-refractivity contribution < 1.29 is 14.3 Å².